The van der Waals surface area contributed by atoms with Gasteiger partial charge < -0.3 is 9.59 Å². The van der Waals surface area contributed by atoms with Gasteiger partial charge in [0.05, 0.1) is 0 Å². The zero-order valence-electron chi connectivity index (χ0n) is 5.04. The molecule has 48 valence electrons. The molecule has 0 amide bonds. The molecule has 0 atom stereocenters. The van der Waals surface area contributed by atoms with Crippen LogP contribution in [0.25, 0.3) is 0 Å². The lowest BCUT2D eigenvalue weighted by Gasteiger charge is -1.86. The largest absolute Gasteiger partial charge is 0.410 e. The highest BCUT2D eigenvalue weighted by Crippen LogP contribution is 1.87. The maximum Gasteiger partial charge on any atom is 0.342 e. The minimum atomic E-state index is -2.38. The predicted molar refractivity (Wildman–Crippen MR) is 35.6 cm³/mol. The van der Waals surface area contributed by atoms with Crippen LogP contribution >= 0.6 is 0 Å². The molecule has 0 aromatic rings. The fourth-order valence-electron chi connectivity index (χ4n) is 0.385. The Morgan fingerprint density at radius 1 is 1.50 bits per heavy atom. The van der Waals surface area contributed by atoms with E-state index in [4.69, 9.17) is 9.59 Å². The molecule has 0 spiro atoms. The summed E-state index contributed by atoms with van der Waals surface area (Å²) in [6, 6.07) is 0. The SMILES string of the molecule is CCCC=C[SiH](O)O. The summed E-state index contributed by atoms with van der Waals surface area (Å²) >= 11 is 0. The van der Waals surface area contributed by atoms with E-state index in [9.17, 15) is 0 Å². The maximum absolute atomic E-state index is 8.39. The van der Waals surface area contributed by atoms with E-state index in [-0.39, 0.29) is 0 Å². The Balaban J connectivity index is 3.07. The second-order valence-corrected chi connectivity index (χ2v) is 2.84. The van der Waals surface area contributed by atoms with E-state index in [0.717, 1.165) is 12.8 Å². The van der Waals surface area contributed by atoms with E-state index in [2.05, 4.69) is 6.92 Å². The molecule has 0 rings (SSSR count). The minimum Gasteiger partial charge on any atom is -0.410 e. The lowest BCUT2D eigenvalue weighted by atomic mass is 10.3. The van der Waals surface area contributed by atoms with Crippen LogP contribution in [0.4, 0.5) is 0 Å². The van der Waals surface area contributed by atoms with Gasteiger partial charge >= 0.3 is 9.28 Å². The summed E-state index contributed by atoms with van der Waals surface area (Å²) in [5, 5.41) is 0. The van der Waals surface area contributed by atoms with Crippen molar-refractivity contribution in [2.24, 2.45) is 0 Å². The topological polar surface area (TPSA) is 40.5 Å². The number of allylic oxidation sites excluding steroid dienone is 1. The third-order valence-corrected chi connectivity index (χ3v) is 1.38. The van der Waals surface area contributed by atoms with Gasteiger partial charge in [0.1, 0.15) is 0 Å². The van der Waals surface area contributed by atoms with Crippen molar-refractivity contribution >= 4 is 9.28 Å². The number of unbranched alkanes of at least 4 members (excludes halogenated alkanes) is 1. The summed E-state index contributed by atoms with van der Waals surface area (Å²) in [6.07, 6.45) is 3.83. The van der Waals surface area contributed by atoms with Gasteiger partial charge in [-0.3, -0.25) is 0 Å². The number of rotatable bonds is 3. The van der Waals surface area contributed by atoms with Crippen molar-refractivity contribution < 1.29 is 9.59 Å². The molecule has 0 radical (unpaired) electrons. The van der Waals surface area contributed by atoms with E-state index < -0.39 is 9.28 Å². The lowest BCUT2D eigenvalue weighted by Crippen LogP contribution is -2.05. The molecular formula is C5H12O2Si. The highest BCUT2D eigenvalue weighted by molar-refractivity contribution is 6.47. The van der Waals surface area contributed by atoms with Crippen molar-refractivity contribution in [3.63, 3.8) is 0 Å². The molecular weight excluding hydrogens is 120 g/mol. The van der Waals surface area contributed by atoms with Crippen LogP contribution < -0.4 is 0 Å². The van der Waals surface area contributed by atoms with Gasteiger partial charge in [0, 0.05) is 0 Å². The Bertz CT molecular complexity index is 70.8. The molecule has 8 heavy (non-hydrogen) atoms. The first-order valence-corrected chi connectivity index (χ1v) is 4.50. The fourth-order valence-corrected chi connectivity index (χ4v) is 0.820. The zero-order valence-corrected chi connectivity index (χ0v) is 6.20. The van der Waals surface area contributed by atoms with Crippen molar-refractivity contribution in [1.82, 2.24) is 0 Å². The highest BCUT2D eigenvalue weighted by atomic mass is 28.3. The van der Waals surface area contributed by atoms with Crippen LogP contribution in [0.2, 0.25) is 0 Å². The first-order valence-electron chi connectivity index (χ1n) is 2.80. The van der Waals surface area contributed by atoms with Crippen molar-refractivity contribution in [3.05, 3.63) is 11.8 Å². The van der Waals surface area contributed by atoms with Gasteiger partial charge in [-0.25, -0.2) is 0 Å². The molecule has 0 bridgehead atoms. The molecule has 0 aliphatic heterocycles. The van der Waals surface area contributed by atoms with E-state index >= 15 is 0 Å². The predicted octanol–water partition coefficient (Wildman–Crippen LogP) is 0.0870. The van der Waals surface area contributed by atoms with Gasteiger partial charge in [-0.1, -0.05) is 19.4 Å². The molecule has 0 fully saturated rings. The third kappa shape index (κ3) is 5.88. The summed E-state index contributed by atoms with van der Waals surface area (Å²) in [7, 11) is -2.38. The second-order valence-electron chi connectivity index (χ2n) is 1.63. The van der Waals surface area contributed by atoms with E-state index in [0.29, 0.717) is 0 Å². The molecule has 0 saturated carbocycles. The number of hydrogen-bond acceptors (Lipinski definition) is 2. The summed E-state index contributed by atoms with van der Waals surface area (Å²) in [4.78, 5) is 16.8. The molecule has 0 unspecified atom stereocenters. The molecule has 0 saturated heterocycles. The first-order chi connectivity index (χ1) is 3.77. The van der Waals surface area contributed by atoms with E-state index in [1.165, 1.54) is 5.70 Å². The average molecular weight is 132 g/mol. The standard InChI is InChI=1S/C5H12O2Si/c1-2-3-4-5-8(6)7/h4-8H,2-3H2,1H3. The summed E-state index contributed by atoms with van der Waals surface area (Å²) in [6.45, 7) is 2.05. The molecule has 0 aromatic heterocycles. The molecule has 2 nitrogen and oxygen atoms in total. The van der Waals surface area contributed by atoms with Crippen LogP contribution in [0.3, 0.4) is 0 Å². The molecule has 0 heterocycles. The van der Waals surface area contributed by atoms with Crippen molar-refractivity contribution in [2.75, 3.05) is 0 Å². The lowest BCUT2D eigenvalue weighted by molar-refractivity contribution is 0.424. The van der Waals surface area contributed by atoms with Crippen LogP contribution in [-0.2, 0) is 0 Å². The van der Waals surface area contributed by atoms with Crippen LogP contribution in [0.5, 0.6) is 0 Å². The van der Waals surface area contributed by atoms with E-state index in [1.54, 1.807) is 0 Å². The van der Waals surface area contributed by atoms with Gasteiger partial charge in [0.25, 0.3) is 0 Å². The summed E-state index contributed by atoms with van der Waals surface area (Å²) in [5.41, 5.74) is 1.50. The normalized spacial score (nSPS) is 11.5. The molecule has 3 heteroatoms. The third-order valence-electron chi connectivity index (χ3n) is 0.764. The monoisotopic (exact) mass is 132 g/mol. The van der Waals surface area contributed by atoms with Gasteiger partial charge in [-0.2, -0.15) is 0 Å². The smallest absolute Gasteiger partial charge is 0.342 e. The quantitative estimate of drug-likeness (QED) is 0.534. The minimum absolute atomic E-state index is 0.949. The second kappa shape index (κ2) is 5.02. The number of hydrogen-bond donors (Lipinski definition) is 2. The van der Waals surface area contributed by atoms with Gasteiger partial charge in [0.2, 0.25) is 0 Å². The summed E-state index contributed by atoms with van der Waals surface area (Å²) in [5.74, 6) is 0. The van der Waals surface area contributed by atoms with Crippen LogP contribution in [0, 0.1) is 0 Å². The molecule has 2 N–H and O–H groups in total. The first kappa shape index (κ1) is 7.88. The fraction of sp³-hybridized carbons (Fsp3) is 0.600. The molecule has 0 aliphatic rings. The zero-order chi connectivity index (χ0) is 6.41. The Labute approximate surface area is 51.3 Å². The van der Waals surface area contributed by atoms with Crippen molar-refractivity contribution in [2.45, 2.75) is 19.8 Å². The molecule has 0 aliphatic carbocycles. The van der Waals surface area contributed by atoms with Crippen LogP contribution in [-0.4, -0.2) is 18.9 Å². The Kier molecular flexibility index (Phi) is 4.95. The van der Waals surface area contributed by atoms with Crippen molar-refractivity contribution in [1.29, 1.82) is 0 Å². The van der Waals surface area contributed by atoms with Crippen LogP contribution in [0.1, 0.15) is 19.8 Å². The van der Waals surface area contributed by atoms with Gasteiger partial charge in [-0.15, -0.1) is 0 Å². The van der Waals surface area contributed by atoms with Gasteiger partial charge in [-0.05, 0) is 12.1 Å². The molecule has 0 aromatic carbocycles. The Hall–Kier alpha value is -0.123. The summed E-state index contributed by atoms with van der Waals surface area (Å²) < 4.78 is 0. The Morgan fingerprint density at radius 2 is 2.12 bits per heavy atom. The van der Waals surface area contributed by atoms with E-state index in [1.807, 2.05) is 6.08 Å². The van der Waals surface area contributed by atoms with Crippen LogP contribution in [0.15, 0.2) is 11.8 Å². The average Bonchev–Trinajstić information content (AvgIpc) is 1.66. The maximum atomic E-state index is 8.39. The Morgan fingerprint density at radius 3 is 2.50 bits per heavy atom. The van der Waals surface area contributed by atoms with Gasteiger partial charge in [0.15, 0.2) is 0 Å². The highest BCUT2D eigenvalue weighted by Gasteiger charge is 1.89. The van der Waals surface area contributed by atoms with Crippen molar-refractivity contribution in [3.8, 4) is 0 Å².